The van der Waals surface area contributed by atoms with Crippen LogP contribution in [0, 0.1) is 0 Å². The van der Waals surface area contributed by atoms with Crippen molar-refractivity contribution in [2.75, 3.05) is 13.2 Å². The van der Waals surface area contributed by atoms with Crippen molar-refractivity contribution in [3.05, 3.63) is 69.1 Å². The number of rotatable bonds is 6. The summed E-state index contributed by atoms with van der Waals surface area (Å²) in [5.41, 5.74) is 1.47. The summed E-state index contributed by atoms with van der Waals surface area (Å²) < 4.78 is 84.2. The third kappa shape index (κ3) is 9.67. The number of allylic oxidation sites excluding steroid dienone is 2. The second kappa shape index (κ2) is 14.7. The number of carbonyl (C=O) groups excluding carboxylic acids is 2. The van der Waals surface area contributed by atoms with Gasteiger partial charge in [0.05, 0.1) is 44.8 Å². The summed E-state index contributed by atoms with van der Waals surface area (Å²) in [6, 6.07) is 8.98. The van der Waals surface area contributed by atoms with Crippen LogP contribution in [0.3, 0.4) is 0 Å². The molecule has 1 radical (unpaired) electrons. The van der Waals surface area contributed by atoms with Crippen molar-refractivity contribution in [3.8, 4) is 0 Å². The van der Waals surface area contributed by atoms with Crippen molar-refractivity contribution in [2.45, 2.75) is 26.2 Å². The van der Waals surface area contributed by atoms with E-state index in [0.29, 0.717) is 43.7 Å². The zero-order valence-electron chi connectivity index (χ0n) is 21.9. The molecule has 0 bridgehead atoms. The summed E-state index contributed by atoms with van der Waals surface area (Å²) in [7, 11) is 0. The molecule has 2 aromatic heterocycles. The van der Waals surface area contributed by atoms with Crippen LogP contribution in [0.4, 0.5) is 26.3 Å². The monoisotopic (exact) mass is 693 g/mol. The Morgan fingerprint density at radius 3 is 1.40 bits per heavy atom. The van der Waals surface area contributed by atoms with E-state index >= 15 is 0 Å². The molecule has 0 saturated heterocycles. The van der Waals surface area contributed by atoms with Gasteiger partial charge in [0.1, 0.15) is 10.0 Å². The van der Waals surface area contributed by atoms with Gasteiger partial charge in [-0.15, -0.1) is 22.7 Å². The number of aliphatic hydroxyl groups is 2. The van der Waals surface area contributed by atoms with E-state index in [1.165, 1.54) is 36.4 Å². The third-order valence-electron chi connectivity index (χ3n) is 4.93. The first-order chi connectivity index (χ1) is 19.6. The van der Waals surface area contributed by atoms with Gasteiger partial charge in [-0.2, -0.15) is 26.3 Å². The fourth-order valence-electron chi connectivity index (χ4n) is 3.09. The number of nitrogens with zero attached hydrogens (tertiary/aromatic N) is 2. The van der Waals surface area contributed by atoms with Crippen molar-refractivity contribution < 1.29 is 72.4 Å². The van der Waals surface area contributed by atoms with Crippen LogP contribution in [0.5, 0.6) is 0 Å². The number of hydrogen-bond donors (Lipinski definition) is 2. The van der Waals surface area contributed by atoms with Gasteiger partial charge in [0.15, 0.2) is 0 Å². The summed E-state index contributed by atoms with van der Waals surface area (Å²) in [6.45, 7) is 3.80. The molecule has 233 valence electrons. The minimum Gasteiger partial charge on any atom is -0.504 e. The molecule has 0 amide bonds. The number of thiazole rings is 2. The third-order valence-corrected chi connectivity index (χ3v) is 6.86. The number of ether oxygens (including phenoxy) is 2. The van der Waals surface area contributed by atoms with E-state index in [4.69, 9.17) is 19.7 Å². The van der Waals surface area contributed by atoms with Crippen LogP contribution in [-0.2, 0) is 26.3 Å². The molecule has 17 heteroatoms. The molecule has 0 fully saturated rings. The van der Waals surface area contributed by atoms with Gasteiger partial charge < -0.3 is 19.7 Å². The second-order valence-corrected chi connectivity index (χ2v) is 10.1. The normalized spacial score (nSPS) is 12.4. The number of benzene rings is 2. The molecule has 0 unspecified atom stereocenters. The molecule has 0 aliphatic rings. The van der Waals surface area contributed by atoms with E-state index in [0.717, 1.165) is 22.7 Å². The average Bonchev–Trinajstić information content (AvgIpc) is 3.49. The molecule has 2 aromatic carbocycles. The first-order valence-corrected chi connectivity index (χ1v) is 13.4. The Bertz CT molecular complexity index is 1540. The molecule has 8 nitrogen and oxygen atoms in total. The van der Waals surface area contributed by atoms with Gasteiger partial charge in [0, 0.05) is 28.9 Å². The maximum atomic E-state index is 12.2. The van der Waals surface area contributed by atoms with E-state index in [1.807, 2.05) is 0 Å². The van der Waals surface area contributed by atoms with Crippen molar-refractivity contribution in [1.82, 2.24) is 9.97 Å². The smallest absolute Gasteiger partial charge is 0.448 e. The number of halogens is 6. The van der Waals surface area contributed by atoms with Crippen LogP contribution >= 0.6 is 22.7 Å². The van der Waals surface area contributed by atoms with Crippen molar-refractivity contribution in [3.63, 3.8) is 0 Å². The summed E-state index contributed by atoms with van der Waals surface area (Å²) in [6.07, 6.45) is -8.52. The molecule has 0 aliphatic heterocycles. The number of aromatic nitrogens is 2. The number of aliphatic hydroxyl groups excluding tert-OH is 2. The summed E-state index contributed by atoms with van der Waals surface area (Å²) in [5, 5.41) is 17.8. The molecular formula is C26H20CoF6N2O6S2. The van der Waals surface area contributed by atoms with Crippen LogP contribution < -0.4 is 0 Å². The molecule has 4 rings (SSSR count). The van der Waals surface area contributed by atoms with E-state index in [-0.39, 0.29) is 40.0 Å². The van der Waals surface area contributed by atoms with Crippen LogP contribution in [0.1, 0.15) is 44.6 Å². The Kier molecular flexibility index (Phi) is 12.1. The zero-order chi connectivity index (χ0) is 31.2. The Hall–Kier alpha value is -3.67. The van der Waals surface area contributed by atoms with Gasteiger partial charge >= 0.3 is 24.3 Å². The standard InChI is InChI=1S/2C13H10F3NO3S.Co/c2*1-2-20-12(19)7-3-4-8-9(5-7)21-11(17-8)6-10(18)13(14,15)16;/h2*3-6,18H,2H2,1H3;/b2*10-6-;. The Labute approximate surface area is 257 Å². The maximum Gasteiger partial charge on any atom is 0.448 e. The molecular weight excluding hydrogens is 673 g/mol. The summed E-state index contributed by atoms with van der Waals surface area (Å²) >= 11 is 1.87. The van der Waals surface area contributed by atoms with Crippen LogP contribution in [0.2, 0.25) is 0 Å². The topological polar surface area (TPSA) is 119 Å². The average molecular weight is 694 g/mol. The molecule has 0 atom stereocenters. The predicted molar refractivity (Wildman–Crippen MR) is 144 cm³/mol. The van der Waals surface area contributed by atoms with Gasteiger partial charge in [-0.1, -0.05) is 0 Å². The number of esters is 2. The molecule has 43 heavy (non-hydrogen) atoms. The minimum atomic E-state index is -4.81. The number of fused-ring (bicyclic) bond motifs is 2. The number of carbonyl (C=O) groups is 2. The van der Waals surface area contributed by atoms with Gasteiger partial charge in [-0.25, -0.2) is 19.6 Å². The van der Waals surface area contributed by atoms with E-state index in [1.54, 1.807) is 13.8 Å². The summed E-state index contributed by atoms with van der Waals surface area (Å²) in [4.78, 5) is 31.0. The first-order valence-electron chi connectivity index (χ1n) is 11.7. The van der Waals surface area contributed by atoms with Crippen LogP contribution in [0.15, 0.2) is 47.9 Å². The molecule has 4 aromatic rings. The molecule has 0 aliphatic carbocycles. The summed E-state index contributed by atoms with van der Waals surface area (Å²) in [5.74, 6) is -4.45. The van der Waals surface area contributed by atoms with Crippen LogP contribution in [0.25, 0.3) is 32.6 Å². The van der Waals surface area contributed by atoms with E-state index < -0.39 is 35.8 Å². The predicted octanol–water partition coefficient (Wildman–Crippen LogP) is 7.87. The minimum absolute atomic E-state index is 0. The van der Waals surface area contributed by atoms with Crippen molar-refractivity contribution in [1.29, 1.82) is 0 Å². The van der Waals surface area contributed by atoms with Gasteiger partial charge in [-0.05, 0) is 50.2 Å². The molecule has 2 heterocycles. The second-order valence-electron chi connectivity index (χ2n) is 7.96. The number of alkyl halides is 6. The Balaban J connectivity index is 0.000000293. The Morgan fingerprint density at radius 2 is 1.09 bits per heavy atom. The van der Waals surface area contributed by atoms with E-state index in [2.05, 4.69) is 9.97 Å². The fourth-order valence-corrected chi connectivity index (χ4v) is 4.98. The van der Waals surface area contributed by atoms with Gasteiger partial charge in [0.25, 0.3) is 0 Å². The quantitative estimate of drug-likeness (QED) is 0.119. The largest absolute Gasteiger partial charge is 0.504 e. The fraction of sp³-hybridized carbons (Fsp3) is 0.231. The van der Waals surface area contributed by atoms with Gasteiger partial charge in [0.2, 0.25) is 11.5 Å². The van der Waals surface area contributed by atoms with Crippen molar-refractivity contribution >= 4 is 67.2 Å². The molecule has 0 spiro atoms. The van der Waals surface area contributed by atoms with Crippen molar-refractivity contribution in [2.24, 2.45) is 0 Å². The van der Waals surface area contributed by atoms with Crippen LogP contribution in [-0.4, -0.2) is 57.7 Å². The maximum absolute atomic E-state index is 12.2. The van der Waals surface area contributed by atoms with Gasteiger partial charge in [-0.3, -0.25) is 0 Å². The molecule has 2 N–H and O–H groups in total. The van der Waals surface area contributed by atoms with E-state index in [9.17, 15) is 35.9 Å². The SMILES string of the molecule is CCOC(=O)c1ccc2nc(/C=C(\O)C(F)(F)F)sc2c1.CCOC(=O)c1ccc2nc(/C=C(\O)C(F)(F)F)sc2c1.[Co]. The zero-order valence-corrected chi connectivity index (χ0v) is 24.5. The molecule has 0 saturated carbocycles. The first kappa shape index (κ1) is 35.5. The Morgan fingerprint density at radius 1 is 0.744 bits per heavy atom. The number of hydrogen-bond acceptors (Lipinski definition) is 10.